The van der Waals surface area contributed by atoms with Gasteiger partial charge >= 0.3 is 0 Å². The maximum absolute atomic E-state index is 12.7. The van der Waals surface area contributed by atoms with E-state index in [-0.39, 0.29) is 11.4 Å². The van der Waals surface area contributed by atoms with Crippen LogP contribution in [0.15, 0.2) is 42.5 Å². The lowest BCUT2D eigenvalue weighted by molar-refractivity contribution is 0.0134. The van der Waals surface area contributed by atoms with Gasteiger partial charge in [-0.25, -0.2) is 0 Å². The molecule has 0 amide bonds. The van der Waals surface area contributed by atoms with Gasteiger partial charge in [0.1, 0.15) is 22.9 Å². The van der Waals surface area contributed by atoms with Crippen molar-refractivity contribution in [3.63, 3.8) is 0 Å². The van der Waals surface area contributed by atoms with Crippen molar-refractivity contribution in [3.8, 4) is 11.5 Å². The summed E-state index contributed by atoms with van der Waals surface area (Å²) in [6.45, 7) is 5.98. The zero-order valence-corrected chi connectivity index (χ0v) is 21.7. The van der Waals surface area contributed by atoms with Crippen LogP contribution < -0.4 is 14.4 Å². The third kappa shape index (κ3) is 4.96. The molecule has 1 aromatic heterocycles. The van der Waals surface area contributed by atoms with Crippen molar-refractivity contribution in [1.29, 1.82) is 0 Å². The Morgan fingerprint density at radius 2 is 1.83 bits per heavy atom. The number of fused-ring (bicyclic) bond motifs is 2. The second-order valence-corrected chi connectivity index (χ2v) is 11.3. The smallest absolute Gasteiger partial charge is 0.170 e. The molecule has 1 saturated carbocycles. The zero-order chi connectivity index (χ0) is 24.4. The average Bonchev–Trinajstić information content (AvgIpc) is 3.33. The number of anilines is 1. The second-order valence-electron chi connectivity index (χ2n) is 10.5. The Hall–Kier alpha value is -2.64. The van der Waals surface area contributed by atoms with Crippen molar-refractivity contribution < 1.29 is 14.3 Å². The van der Waals surface area contributed by atoms with E-state index in [1.54, 1.807) is 11.5 Å². The molecular formula is C29H35N3O3S. The van der Waals surface area contributed by atoms with Crippen LogP contribution in [-0.4, -0.2) is 60.0 Å². The van der Waals surface area contributed by atoms with Gasteiger partial charge in [0.05, 0.1) is 23.3 Å². The summed E-state index contributed by atoms with van der Waals surface area (Å²) in [5.74, 6) is 2.89. The number of unbranched alkanes of at least 4 members (excludes halogenated alkanes) is 1. The molecule has 1 spiro atoms. The molecule has 0 bridgehead atoms. The predicted molar refractivity (Wildman–Crippen MR) is 145 cm³/mol. The highest BCUT2D eigenvalue weighted by molar-refractivity contribution is 7.13. The fourth-order valence-electron chi connectivity index (χ4n) is 5.95. The van der Waals surface area contributed by atoms with Gasteiger partial charge in [0.2, 0.25) is 0 Å². The highest BCUT2D eigenvalue weighted by Crippen LogP contribution is 2.42. The molecule has 7 heteroatoms. The third-order valence-corrected chi connectivity index (χ3v) is 8.81. The first-order valence-corrected chi connectivity index (χ1v) is 14.3. The van der Waals surface area contributed by atoms with Crippen LogP contribution in [0.3, 0.4) is 0 Å². The van der Waals surface area contributed by atoms with E-state index in [9.17, 15) is 4.79 Å². The van der Waals surface area contributed by atoms with Crippen molar-refractivity contribution in [2.45, 2.75) is 57.0 Å². The van der Waals surface area contributed by atoms with Crippen LogP contribution in [-0.2, 0) is 0 Å². The van der Waals surface area contributed by atoms with Crippen LogP contribution in [0.5, 0.6) is 11.5 Å². The maximum Gasteiger partial charge on any atom is 0.170 e. The number of benzene rings is 2. The lowest BCUT2D eigenvalue weighted by Crippen LogP contribution is -2.46. The van der Waals surface area contributed by atoms with Gasteiger partial charge in [-0.2, -0.15) is 4.37 Å². The Bertz CT molecular complexity index is 1210. The summed E-state index contributed by atoms with van der Waals surface area (Å²) in [5, 5.41) is 1.28. The monoisotopic (exact) mass is 505 g/mol. The standard InChI is InChI=1S/C29H35N3O3S/c33-25-21-29(12-4-1-5-13-29)35-26-20-22(10-11-23(25)26)34-19-7-6-14-31-15-17-32(18-16-31)28-24-8-2-3-9-27(24)36-30-28/h2-3,8-11,20H,1,4-7,12-19,21H2. The first-order valence-electron chi connectivity index (χ1n) is 13.5. The number of carbonyl (C=O) groups excluding carboxylic acids is 1. The number of rotatable bonds is 7. The van der Waals surface area contributed by atoms with Crippen LogP contribution >= 0.6 is 11.5 Å². The molecule has 2 aromatic carbocycles. The molecule has 36 heavy (non-hydrogen) atoms. The first kappa shape index (κ1) is 23.7. The number of ether oxygens (including phenoxy) is 2. The minimum atomic E-state index is -0.280. The first-order chi connectivity index (χ1) is 17.7. The molecule has 0 radical (unpaired) electrons. The van der Waals surface area contributed by atoms with Crippen LogP contribution in [0, 0.1) is 0 Å². The molecule has 190 valence electrons. The molecular weight excluding hydrogens is 470 g/mol. The van der Waals surface area contributed by atoms with E-state index in [0.29, 0.717) is 18.6 Å². The summed E-state index contributed by atoms with van der Waals surface area (Å²) in [6.07, 6.45) is 8.16. The van der Waals surface area contributed by atoms with Gasteiger partial charge in [-0.15, -0.1) is 0 Å². The number of hydrogen-bond donors (Lipinski definition) is 0. The fraction of sp³-hybridized carbons (Fsp3) is 0.517. The molecule has 3 aromatic rings. The Kier molecular flexibility index (Phi) is 6.85. The molecule has 6 rings (SSSR count). The Labute approximate surface area is 217 Å². The van der Waals surface area contributed by atoms with E-state index in [4.69, 9.17) is 13.8 Å². The third-order valence-electron chi connectivity index (χ3n) is 8.00. The number of nitrogens with zero attached hydrogens (tertiary/aromatic N) is 3. The minimum absolute atomic E-state index is 0.216. The van der Waals surface area contributed by atoms with E-state index in [1.807, 2.05) is 18.2 Å². The van der Waals surface area contributed by atoms with Gasteiger partial charge < -0.3 is 14.4 Å². The van der Waals surface area contributed by atoms with Gasteiger partial charge in [0.15, 0.2) is 5.78 Å². The van der Waals surface area contributed by atoms with Crippen molar-refractivity contribution >= 4 is 33.2 Å². The van der Waals surface area contributed by atoms with E-state index >= 15 is 0 Å². The number of hydrogen-bond acceptors (Lipinski definition) is 7. The topological polar surface area (TPSA) is 54.9 Å². The quantitative estimate of drug-likeness (QED) is 0.370. The van der Waals surface area contributed by atoms with Crippen molar-refractivity contribution in [2.75, 3.05) is 44.2 Å². The molecule has 2 fully saturated rings. The summed E-state index contributed by atoms with van der Waals surface area (Å²) >= 11 is 1.60. The molecule has 2 aliphatic heterocycles. The number of ketones is 1. The normalized spacial score (nSPS) is 19.9. The number of aromatic nitrogens is 1. The lowest BCUT2D eigenvalue weighted by Gasteiger charge is -2.40. The van der Waals surface area contributed by atoms with Crippen LogP contribution in [0.25, 0.3) is 10.1 Å². The summed E-state index contributed by atoms with van der Waals surface area (Å²) in [4.78, 5) is 17.7. The highest BCUT2D eigenvalue weighted by Gasteiger charge is 2.41. The average molecular weight is 506 g/mol. The molecule has 1 saturated heterocycles. The van der Waals surface area contributed by atoms with Crippen LogP contribution in [0.1, 0.15) is 61.7 Å². The van der Waals surface area contributed by atoms with E-state index < -0.39 is 0 Å². The van der Waals surface area contributed by atoms with Crippen molar-refractivity contribution in [3.05, 3.63) is 48.0 Å². The number of piperazine rings is 1. The second kappa shape index (κ2) is 10.4. The lowest BCUT2D eigenvalue weighted by atomic mass is 9.78. The maximum atomic E-state index is 12.7. The van der Waals surface area contributed by atoms with Gasteiger partial charge in [0, 0.05) is 37.6 Å². The van der Waals surface area contributed by atoms with Gasteiger partial charge in [-0.1, -0.05) is 18.6 Å². The Morgan fingerprint density at radius 1 is 1.00 bits per heavy atom. The summed E-state index contributed by atoms with van der Waals surface area (Å²) in [6, 6.07) is 14.2. The Balaban J connectivity index is 0.945. The number of carbonyl (C=O) groups is 1. The summed E-state index contributed by atoms with van der Waals surface area (Å²) < 4.78 is 18.5. The zero-order valence-electron chi connectivity index (χ0n) is 20.9. The van der Waals surface area contributed by atoms with Gasteiger partial charge in [-0.3, -0.25) is 9.69 Å². The summed E-state index contributed by atoms with van der Waals surface area (Å²) in [7, 11) is 0. The molecule has 0 unspecified atom stereocenters. The molecule has 6 nitrogen and oxygen atoms in total. The molecule has 3 aliphatic rings. The van der Waals surface area contributed by atoms with E-state index in [0.717, 1.165) is 88.6 Å². The molecule has 1 aliphatic carbocycles. The SMILES string of the molecule is O=C1CC2(CCCCC2)Oc2cc(OCCCCN3CCN(c4nsc5ccccc45)CC3)ccc21. The minimum Gasteiger partial charge on any atom is -0.493 e. The van der Waals surface area contributed by atoms with E-state index in [2.05, 4.69) is 34.1 Å². The van der Waals surface area contributed by atoms with Gasteiger partial charge in [0.25, 0.3) is 0 Å². The number of Topliss-reactive ketones (excluding diaryl/α,β-unsaturated/α-hetero) is 1. The molecule has 0 N–H and O–H groups in total. The predicted octanol–water partition coefficient (Wildman–Crippen LogP) is 5.95. The van der Waals surface area contributed by atoms with Crippen LogP contribution in [0.2, 0.25) is 0 Å². The molecule has 3 heterocycles. The van der Waals surface area contributed by atoms with Crippen molar-refractivity contribution in [1.82, 2.24) is 9.27 Å². The summed E-state index contributed by atoms with van der Waals surface area (Å²) in [5.41, 5.74) is 0.431. The highest BCUT2D eigenvalue weighted by atomic mass is 32.1. The fourth-order valence-corrected chi connectivity index (χ4v) is 6.75. The molecule has 0 atom stereocenters. The Morgan fingerprint density at radius 3 is 2.69 bits per heavy atom. The largest absolute Gasteiger partial charge is 0.493 e. The van der Waals surface area contributed by atoms with E-state index in [1.165, 1.54) is 16.5 Å². The van der Waals surface area contributed by atoms with Gasteiger partial charge in [-0.05, 0) is 80.9 Å². The van der Waals surface area contributed by atoms with Crippen molar-refractivity contribution in [2.24, 2.45) is 0 Å². The van der Waals surface area contributed by atoms with Crippen LogP contribution in [0.4, 0.5) is 5.82 Å².